The summed E-state index contributed by atoms with van der Waals surface area (Å²) in [4.78, 5) is 37.3. The minimum absolute atomic E-state index is 0.0221. The number of nitrogens with one attached hydrogen (secondary N) is 2. The van der Waals surface area contributed by atoms with E-state index in [0.717, 1.165) is 23.7 Å². The molecule has 0 radical (unpaired) electrons. The van der Waals surface area contributed by atoms with E-state index in [0.29, 0.717) is 24.5 Å². The number of anilines is 1. The molecule has 0 spiro atoms. The van der Waals surface area contributed by atoms with Crippen molar-refractivity contribution in [2.45, 2.75) is 32.6 Å². The Balaban J connectivity index is 1.79. The summed E-state index contributed by atoms with van der Waals surface area (Å²) in [5.41, 5.74) is 3.31. The van der Waals surface area contributed by atoms with Crippen LogP contribution in [0.5, 0.6) is 0 Å². The average Bonchev–Trinajstić information content (AvgIpc) is 2.61. The van der Waals surface area contributed by atoms with Crippen LogP contribution in [-0.4, -0.2) is 41.4 Å². The summed E-state index contributed by atoms with van der Waals surface area (Å²) in [6, 6.07) is 7.19. The SMILES string of the molecule is CC(CC(=O)Nc1ccc(Br)cc1)=NNC(=O)C(=O)N1CCCCC1. The van der Waals surface area contributed by atoms with E-state index in [-0.39, 0.29) is 12.3 Å². The third-order valence-electron chi connectivity index (χ3n) is 3.73. The van der Waals surface area contributed by atoms with Gasteiger partial charge in [-0.1, -0.05) is 15.9 Å². The van der Waals surface area contributed by atoms with E-state index in [2.05, 4.69) is 31.8 Å². The Morgan fingerprint density at radius 3 is 2.40 bits per heavy atom. The van der Waals surface area contributed by atoms with Crippen LogP contribution in [-0.2, 0) is 14.4 Å². The van der Waals surface area contributed by atoms with Crippen LogP contribution < -0.4 is 10.7 Å². The molecule has 2 rings (SSSR count). The number of likely N-dealkylation sites (tertiary alicyclic amines) is 1. The van der Waals surface area contributed by atoms with Crippen molar-refractivity contribution in [2.24, 2.45) is 5.10 Å². The largest absolute Gasteiger partial charge is 0.334 e. The van der Waals surface area contributed by atoms with Gasteiger partial charge >= 0.3 is 11.8 Å². The Labute approximate surface area is 155 Å². The summed E-state index contributed by atoms with van der Waals surface area (Å²) in [7, 11) is 0. The number of carbonyl (C=O) groups is 3. The first-order chi connectivity index (χ1) is 12.0. The first kappa shape index (κ1) is 19.1. The minimum atomic E-state index is -0.769. The number of hydrogen-bond acceptors (Lipinski definition) is 4. The smallest absolute Gasteiger partial charge is 0.329 e. The second-order valence-corrected chi connectivity index (χ2v) is 6.79. The molecule has 1 saturated heterocycles. The molecular weight excluding hydrogens is 388 g/mol. The normalized spacial score (nSPS) is 14.8. The first-order valence-corrected chi connectivity index (χ1v) is 8.93. The fraction of sp³-hybridized carbons (Fsp3) is 0.412. The molecule has 134 valence electrons. The number of hydrazone groups is 1. The molecule has 0 unspecified atom stereocenters. The Morgan fingerprint density at radius 1 is 1.12 bits per heavy atom. The van der Waals surface area contributed by atoms with Gasteiger partial charge in [0.2, 0.25) is 5.91 Å². The fourth-order valence-electron chi connectivity index (χ4n) is 2.44. The maximum absolute atomic E-state index is 12.0. The maximum Gasteiger partial charge on any atom is 0.329 e. The Hall–Kier alpha value is -2.22. The molecule has 25 heavy (non-hydrogen) atoms. The number of amides is 3. The summed E-state index contributed by atoms with van der Waals surface area (Å²) in [6.07, 6.45) is 2.93. The van der Waals surface area contributed by atoms with Crippen LogP contribution >= 0.6 is 15.9 Å². The molecule has 0 atom stereocenters. The molecule has 8 heteroatoms. The van der Waals surface area contributed by atoms with Gasteiger partial charge in [-0.15, -0.1) is 0 Å². The van der Waals surface area contributed by atoms with Gasteiger partial charge in [0, 0.05) is 29.0 Å². The third kappa shape index (κ3) is 6.30. The predicted molar refractivity (Wildman–Crippen MR) is 99.1 cm³/mol. The average molecular weight is 409 g/mol. The number of benzene rings is 1. The van der Waals surface area contributed by atoms with Crippen molar-refractivity contribution >= 4 is 45.1 Å². The van der Waals surface area contributed by atoms with Crippen LogP contribution in [0.25, 0.3) is 0 Å². The number of carbonyl (C=O) groups excluding carboxylic acids is 3. The van der Waals surface area contributed by atoms with Gasteiger partial charge in [0.15, 0.2) is 0 Å². The summed E-state index contributed by atoms with van der Waals surface area (Å²) in [6.45, 7) is 2.82. The lowest BCUT2D eigenvalue weighted by Gasteiger charge is -2.25. The quantitative estimate of drug-likeness (QED) is 0.454. The van der Waals surface area contributed by atoms with E-state index in [1.54, 1.807) is 19.1 Å². The molecule has 0 saturated carbocycles. The molecule has 1 fully saturated rings. The van der Waals surface area contributed by atoms with E-state index >= 15 is 0 Å². The van der Waals surface area contributed by atoms with Gasteiger partial charge in [-0.2, -0.15) is 5.10 Å². The maximum atomic E-state index is 12.0. The second-order valence-electron chi connectivity index (χ2n) is 5.87. The molecule has 7 nitrogen and oxygen atoms in total. The van der Waals surface area contributed by atoms with Crippen molar-refractivity contribution in [3.8, 4) is 0 Å². The van der Waals surface area contributed by atoms with Crippen molar-refractivity contribution in [1.29, 1.82) is 0 Å². The molecular formula is C17H21BrN4O3. The number of piperidine rings is 1. The lowest BCUT2D eigenvalue weighted by molar-refractivity contribution is -0.146. The third-order valence-corrected chi connectivity index (χ3v) is 4.26. The van der Waals surface area contributed by atoms with Crippen LogP contribution in [0.4, 0.5) is 5.69 Å². The number of halogens is 1. The molecule has 1 aliphatic heterocycles. The van der Waals surface area contributed by atoms with E-state index in [9.17, 15) is 14.4 Å². The minimum Gasteiger partial charge on any atom is -0.334 e. The van der Waals surface area contributed by atoms with Crippen LogP contribution in [0.15, 0.2) is 33.8 Å². The van der Waals surface area contributed by atoms with Crippen molar-refractivity contribution in [3.63, 3.8) is 0 Å². The molecule has 1 aromatic carbocycles. The van der Waals surface area contributed by atoms with E-state index in [1.165, 1.54) is 4.90 Å². The topological polar surface area (TPSA) is 90.9 Å². The molecule has 0 aromatic heterocycles. The molecule has 0 bridgehead atoms. The zero-order valence-electron chi connectivity index (χ0n) is 14.0. The van der Waals surface area contributed by atoms with Crippen LogP contribution in [0.1, 0.15) is 32.6 Å². The summed E-state index contributed by atoms with van der Waals surface area (Å²) in [5.74, 6) is -1.59. The number of rotatable bonds is 4. The molecule has 0 aliphatic carbocycles. The zero-order valence-corrected chi connectivity index (χ0v) is 15.6. The summed E-state index contributed by atoms with van der Waals surface area (Å²) in [5, 5.41) is 6.57. The predicted octanol–water partition coefficient (Wildman–Crippen LogP) is 2.28. The Bertz CT molecular complexity index is 667. The van der Waals surface area contributed by atoms with Gasteiger partial charge < -0.3 is 10.2 Å². The van der Waals surface area contributed by atoms with Gasteiger partial charge in [0.1, 0.15) is 0 Å². The zero-order chi connectivity index (χ0) is 18.2. The second kappa shape index (κ2) is 9.31. The molecule has 1 heterocycles. The molecule has 2 N–H and O–H groups in total. The van der Waals surface area contributed by atoms with Gasteiger partial charge in [0.25, 0.3) is 0 Å². The van der Waals surface area contributed by atoms with E-state index in [1.807, 2.05) is 12.1 Å². The molecule has 1 aliphatic rings. The highest BCUT2D eigenvalue weighted by Crippen LogP contribution is 2.14. The molecule has 3 amide bonds. The summed E-state index contributed by atoms with van der Waals surface area (Å²) < 4.78 is 0.921. The van der Waals surface area contributed by atoms with E-state index in [4.69, 9.17) is 0 Å². The first-order valence-electron chi connectivity index (χ1n) is 8.13. The van der Waals surface area contributed by atoms with Crippen LogP contribution in [0, 0.1) is 0 Å². The van der Waals surface area contributed by atoms with Gasteiger partial charge in [-0.05, 0) is 50.5 Å². The van der Waals surface area contributed by atoms with Crippen molar-refractivity contribution in [3.05, 3.63) is 28.7 Å². The fourth-order valence-corrected chi connectivity index (χ4v) is 2.71. The van der Waals surface area contributed by atoms with Gasteiger partial charge in [0.05, 0.1) is 6.42 Å². The summed E-state index contributed by atoms with van der Waals surface area (Å²) >= 11 is 3.32. The van der Waals surface area contributed by atoms with E-state index < -0.39 is 11.8 Å². The number of nitrogens with zero attached hydrogens (tertiary/aromatic N) is 2. The lowest BCUT2D eigenvalue weighted by atomic mass is 10.1. The highest BCUT2D eigenvalue weighted by Gasteiger charge is 2.23. The van der Waals surface area contributed by atoms with Crippen molar-refractivity contribution < 1.29 is 14.4 Å². The Morgan fingerprint density at radius 2 is 1.76 bits per heavy atom. The standard InChI is InChI=1S/C17H21BrN4O3/c1-12(11-15(23)19-14-7-5-13(18)6-8-14)20-21-16(24)17(25)22-9-3-2-4-10-22/h5-8H,2-4,9-11H2,1H3,(H,19,23)(H,21,24). The highest BCUT2D eigenvalue weighted by atomic mass is 79.9. The number of hydrogen-bond donors (Lipinski definition) is 2. The van der Waals surface area contributed by atoms with Gasteiger partial charge in [-0.25, -0.2) is 5.43 Å². The Kier molecular flexibility index (Phi) is 7.12. The van der Waals surface area contributed by atoms with Crippen LogP contribution in [0.2, 0.25) is 0 Å². The van der Waals surface area contributed by atoms with Crippen LogP contribution in [0.3, 0.4) is 0 Å². The lowest BCUT2D eigenvalue weighted by Crippen LogP contribution is -2.44. The monoisotopic (exact) mass is 408 g/mol. The van der Waals surface area contributed by atoms with Gasteiger partial charge in [-0.3, -0.25) is 14.4 Å². The molecule has 1 aromatic rings. The highest BCUT2D eigenvalue weighted by molar-refractivity contribution is 9.10. The van der Waals surface area contributed by atoms with Crippen molar-refractivity contribution in [1.82, 2.24) is 10.3 Å². The van der Waals surface area contributed by atoms with Crippen molar-refractivity contribution in [2.75, 3.05) is 18.4 Å².